The highest BCUT2D eigenvalue weighted by Gasteiger charge is 2.46. The second-order valence-corrected chi connectivity index (χ2v) is 8.54. The van der Waals surface area contributed by atoms with Crippen molar-refractivity contribution in [3.63, 3.8) is 0 Å². The molecular formula is C25H26N2O8. The summed E-state index contributed by atoms with van der Waals surface area (Å²) in [5.74, 6) is -2.88. The minimum Gasteiger partial charge on any atom is -0.465 e. The van der Waals surface area contributed by atoms with Gasteiger partial charge in [0.15, 0.2) is 11.4 Å². The normalized spacial score (nSPS) is 15.4. The standard InChI is InChI=1S/C25H26N2O8/c1-32-21(28)15-11-13-7-5-9-25(19(13)26-17(15)23(30)34-3)10-6-8-14-12-16(22(29)33-2)18(24(31)35-4)27-20(14)25/h11-12H,5-10H2,1-4H3. The van der Waals surface area contributed by atoms with E-state index < -0.39 is 29.3 Å². The number of carbonyl (C=O) groups excluding carboxylic acids is 4. The summed E-state index contributed by atoms with van der Waals surface area (Å²) in [6, 6.07) is 3.28. The van der Waals surface area contributed by atoms with E-state index in [2.05, 4.69) is 9.97 Å². The summed E-state index contributed by atoms with van der Waals surface area (Å²) >= 11 is 0. The van der Waals surface area contributed by atoms with Gasteiger partial charge in [0.25, 0.3) is 0 Å². The van der Waals surface area contributed by atoms with Crippen molar-refractivity contribution in [1.82, 2.24) is 9.97 Å². The van der Waals surface area contributed by atoms with Crippen molar-refractivity contribution in [2.45, 2.75) is 43.9 Å². The quantitative estimate of drug-likeness (QED) is 0.473. The second-order valence-electron chi connectivity index (χ2n) is 8.54. The molecule has 0 fully saturated rings. The van der Waals surface area contributed by atoms with E-state index in [-0.39, 0.29) is 22.5 Å². The third-order valence-electron chi connectivity index (χ3n) is 6.78. The lowest BCUT2D eigenvalue weighted by Gasteiger charge is -2.42. The number of aromatic nitrogens is 2. The summed E-state index contributed by atoms with van der Waals surface area (Å²) in [6.07, 6.45) is 4.19. The summed E-state index contributed by atoms with van der Waals surface area (Å²) in [7, 11) is 4.90. The Kier molecular flexibility index (Phi) is 6.56. The molecule has 0 radical (unpaired) electrons. The monoisotopic (exact) mass is 482 g/mol. The van der Waals surface area contributed by atoms with Crippen molar-refractivity contribution >= 4 is 23.9 Å². The molecule has 0 amide bonds. The molecular weight excluding hydrogens is 456 g/mol. The summed E-state index contributed by atoms with van der Waals surface area (Å²) in [6.45, 7) is 0. The molecule has 0 aliphatic heterocycles. The van der Waals surface area contributed by atoms with Crippen molar-refractivity contribution in [3.8, 4) is 0 Å². The molecule has 0 bridgehead atoms. The fourth-order valence-corrected chi connectivity index (χ4v) is 5.23. The Balaban J connectivity index is 2.00. The van der Waals surface area contributed by atoms with Crippen LogP contribution in [0.5, 0.6) is 0 Å². The fourth-order valence-electron chi connectivity index (χ4n) is 5.23. The van der Waals surface area contributed by atoms with Gasteiger partial charge >= 0.3 is 23.9 Å². The number of hydrogen-bond donors (Lipinski definition) is 0. The smallest absolute Gasteiger partial charge is 0.357 e. The molecule has 2 aliphatic carbocycles. The molecule has 184 valence electrons. The first kappa shape index (κ1) is 24.3. The number of carbonyl (C=O) groups is 4. The lowest BCUT2D eigenvalue weighted by atomic mass is 9.63. The molecule has 4 rings (SSSR count). The van der Waals surface area contributed by atoms with Gasteiger partial charge in [0.05, 0.1) is 56.4 Å². The van der Waals surface area contributed by atoms with E-state index in [1.165, 1.54) is 28.4 Å². The van der Waals surface area contributed by atoms with Crippen LogP contribution in [0.4, 0.5) is 0 Å². The molecule has 1 spiro atoms. The molecule has 2 aromatic rings. The zero-order chi connectivity index (χ0) is 25.3. The zero-order valence-electron chi connectivity index (χ0n) is 20.1. The molecule has 10 heteroatoms. The number of nitrogens with zero attached hydrogens (tertiary/aromatic N) is 2. The summed E-state index contributed by atoms with van der Waals surface area (Å²) < 4.78 is 19.5. The van der Waals surface area contributed by atoms with Crippen LogP contribution >= 0.6 is 0 Å². The lowest BCUT2D eigenvalue weighted by Crippen LogP contribution is -2.39. The Hall–Kier alpha value is -3.82. The molecule has 0 atom stereocenters. The van der Waals surface area contributed by atoms with Crippen molar-refractivity contribution in [2.24, 2.45) is 0 Å². The molecule has 10 nitrogen and oxygen atoms in total. The predicted molar refractivity (Wildman–Crippen MR) is 120 cm³/mol. The predicted octanol–water partition coefficient (Wildman–Crippen LogP) is 2.58. The van der Waals surface area contributed by atoms with Gasteiger partial charge in [-0.2, -0.15) is 0 Å². The largest absolute Gasteiger partial charge is 0.465 e. The summed E-state index contributed by atoms with van der Waals surface area (Å²) in [5, 5.41) is 0. The van der Waals surface area contributed by atoms with Crippen LogP contribution < -0.4 is 0 Å². The van der Waals surface area contributed by atoms with Crippen molar-refractivity contribution in [2.75, 3.05) is 28.4 Å². The maximum atomic E-state index is 12.6. The molecule has 0 unspecified atom stereocenters. The Morgan fingerprint density at radius 2 is 1.03 bits per heavy atom. The van der Waals surface area contributed by atoms with Gasteiger partial charge in [0.2, 0.25) is 0 Å². The first-order valence-corrected chi connectivity index (χ1v) is 11.2. The number of pyridine rings is 2. The number of rotatable bonds is 4. The number of hydrogen-bond acceptors (Lipinski definition) is 10. The minimum atomic E-state index is -0.755. The average molecular weight is 482 g/mol. The first-order chi connectivity index (χ1) is 16.8. The molecule has 2 aromatic heterocycles. The van der Waals surface area contributed by atoms with Crippen LogP contribution in [0.1, 0.15) is 89.9 Å². The number of methoxy groups -OCH3 is 4. The molecule has 0 saturated carbocycles. The molecule has 0 saturated heterocycles. The number of ether oxygens (including phenoxy) is 4. The topological polar surface area (TPSA) is 131 Å². The van der Waals surface area contributed by atoms with Gasteiger partial charge in [-0.3, -0.25) is 0 Å². The van der Waals surface area contributed by atoms with Gasteiger partial charge in [-0.25, -0.2) is 29.1 Å². The molecule has 35 heavy (non-hydrogen) atoms. The van der Waals surface area contributed by atoms with Gasteiger partial charge in [-0.1, -0.05) is 0 Å². The summed E-state index contributed by atoms with van der Waals surface area (Å²) in [5.41, 5.74) is 1.93. The Morgan fingerprint density at radius 3 is 1.37 bits per heavy atom. The highest BCUT2D eigenvalue weighted by Crippen LogP contribution is 2.49. The Labute approximate surface area is 201 Å². The van der Waals surface area contributed by atoms with E-state index in [1.807, 2.05) is 0 Å². The number of esters is 4. The van der Waals surface area contributed by atoms with Gasteiger partial charge in [0, 0.05) is 0 Å². The highest BCUT2D eigenvalue weighted by atomic mass is 16.5. The van der Waals surface area contributed by atoms with Crippen LogP contribution in [0.25, 0.3) is 0 Å². The highest BCUT2D eigenvalue weighted by molar-refractivity contribution is 6.03. The van der Waals surface area contributed by atoms with Crippen molar-refractivity contribution < 1.29 is 38.1 Å². The summed E-state index contributed by atoms with van der Waals surface area (Å²) in [4.78, 5) is 59.3. The van der Waals surface area contributed by atoms with Gasteiger partial charge in [-0.05, 0) is 61.8 Å². The molecule has 0 aromatic carbocycles. The van der Waals surface area contributed by atoms with E-state index in [0.29, 0.717) is 37.1 Å². The average Bonchev–Trinajstić information content (AvgIpc) is 2.90. The third-order valence-corrected chi connectivity index (χ3v) is 6.78. The minimum absolute atomic E-state index is 0.0374. The van der Waals surface area contributed by atoms with E-state index in [4.69, 9.17) is 18.9 Å². The fraction of sp³-hybridized carbons (Fsp3) is 0.440. The maximum absolute atomic E-state index is 12.6. The van der Waals surface area contributed by atoms with Gasteiger partial charge < -0.3 is 18.9 Å². The Morgan fingerprint density at radius 1 is 0.657 bits per heavy atom. The maximum Gasteiger partial charge on any atom is 0.357 e. The SMILES string of the molecule is COC(=O)c1cc2c(nc1C(=O)OC)C1(CCC2)CCCc2cc(C(=O)OC)c(C(=O)OC)nc21. The molecule has 0 N–H and O–H groups in total. The van der Waals surface area contributed by atoms with E-state index >= 15 is 0 Å². The van der Waals surface area contributed by atoms with Crippen molar-refractivity contribution in [3.05, 3.63) is 57.2 Å². The van der Waals surface area contributed by atoms with Crippen LogP contribution in [-0.4, -0.2) is 62.3 Å². The number of aryl methyl sites for hydroxylation is 2. The zero-order valence-corrected chi connectivity index (χ0v) is 20.1. The molecule has 2 heterocycles. The Bertz CT molecular complexity index is 1140. The van der Waals surface area contributed by atoms with Crippen LogP contribution in [0.3, 0.4) is 0 Å². The van der Waals surface area contributed by atoms with Crippen LogP contribution in [-0.2, 0) is 37.2 Å². The van der Waals surface area contributed by atoms with Crippen LogP contribution in [0.2, 0.25) is 0 Å². The van der Waals surface area contributed by atoms with Crippen LogP contribution in [0, 0.1) is 0 Å². The van der Waals surface area contributed by atoms with Gasteiger partial charge in [-0.15, -0.1) is 0 Å². The third kappa shape index (κ3) is 3.92. The van der Waals surface area contributed by atoms with Gasteiger partial charge in [0.1, 0.15) is 0 Å². The molecule has 2 aliphatic rings. The van der Waals surface area contributed by atoms with E-state index in [1.54, 1.807) is 12.1 Å². The second kappa shape index (κ2) is 9.44. The van der Waals surface area contributed by atoms with E-state index in [9.17, 15) is 19.2 Å². The van der Waals surface area contributed by atoms with Crippen LogP contribution in [0.15, 0.2) is 12.1 Å². The van der Waals surface area contributed by atoms with E-state index in [0.717, 1.165) is 24.0 Å². The number of fused-ring (bicyclic) bond motifs is 4. The first-order valence-electron chi connectivity index (χ1n) is 11.2. The van der Waals surface area contributed by atoms with Crippen molar-refractivity contribution in [1.29, 1.82) is 0 Å². The lowest BCUT2D eigenvalue weighted by molar-refractivity contribution is 0.0547.